The van der Waals surface area contributed by atoms with Gasteiger partial charge in [-0.25, -0.2) is 4.39 Å². The van der Waals surface area contributed by atoms with Gasteiger partial charge in [0, 0.05) is 31.6 Å². The molecular formula is C18H25FN2O. The van der Waals surface area contributed by atoms with Crippen molar-refractivity contribution in [1.29, 1.82) is 0 Å². The van der Waals surface area contributed by atoms with E-state index in [1.54, 1.807) is 0 Å². The van der Waals surface area contributed by atoms with E-state index in [2.05, 4.69) is 10.2 Å². The number of nitrogens with one attached hydrogen (secondary N) is 1. The van der Waals surface area contributed by atoms with Crippen LogP contribution in [0.5, 0.6) is 0 Å². The molecular weight excluding hydrogens is 279 g/mol. The molecule has 1 aromatic carbocycles. The van der Waals surface area contributed by atoms with Gasteiger partial charge in [-0.1, -0.05) is 25.0 Å². The van der Waals surface area contributed by atoms with Crippen molar-refractivity contribution in [1.82, 2.24) is 10.2 Å². The molecule has 4 heteroatoms. The van der Waals surface area contributed by atoms with Crippen LogP contribution in [-0.2, 0) is 11.3 Å². The molecule has 0 bridgehead atoms. The monoisotopic (exact) mass is 304 g/mol. The molecule has 1 aromatic rings. The Bertz CT molecular complexity index is 488. The van der Waals surface area contributed by atoms with Crippen molar-refractivity contribution >= 4 is 5.91 Å². The molecule has 22 heavy (non-hydrogen) atoms. The average molecular weight is 304 g/mol. The summed E-state index contributed by atoms with van der Waals surface area (Å²) < 4.78 is 12.9. The minimum Gasteiger partial charge on any atom is -0.353 e. The third-order valence-electron chi connectivity index (χ3n) is 4.98. The number of benzene rings is 1. The molecule has 0 unspecified atom stereocenters. The molecule has 0 radical (unpaired) electrons. The van der Waals surface area contributed by atoms with Gasteiger partial charge in [0.1, 0.15) is 5.82 Å². The Morgan fingerprint density at radius 3 is 2.36 bits per heavy atom. The van der Waals surface area contributed by atoms with Crippen LogP contribution in [0.1, 0.15) is 44.1 Å². The van der Waals surface area contributed by atoms with E-state index in [1.165, 1.54) is 25.0 Å². The van der Waals surface area contributed by atoms with Crippen LogP contribution in [0, 0.1) is 11.7 Å². The number of nitrogens with zero attached hydrogens (tertiary/aromatic N) is 1. The van der Waals surface area contributed by atoms with Gasteiger partial charge in [-0.3, -0.25) is 9.69 Å². The Labute approximate surface area is 131 Å². The third-order valence-corrected chi connectivity index (χ3v) is 4.98. The standard InChI is InChI=1S/C18H25FN2O/c19-16-7-5-14(6-8-16)13-21-11-9-17(10-12-21)20-18(22)15-3-1-2-4-15/h5-8,15,17H,1-4,9-13H2,(H,20,22). The fourth-order valence-corrected chi connectivity index (χ4v) is 3.59. The van der Waals surface area contributed by atoms with Crippen LogP contribution < -0.4 is 5.32 Å². The highest BCUT2D eigenvalue weighted by molar-refractivity contribution is 5.79. The molecule has 1 saturated heterocycles. The molecule has 1 aliphatic carbocycles. The van der Waals surface area contributed by atoms with Crippen molar-refractivity contribution in [3.63, 3.8) is 0 Å². The van der Waals surface area contributed by atoms with E-state index in [0.717, 1.165) is 50.9 Å². The van der Waals surface area contributed by atoms with Gasteiger partial charge in [0.05, 0.1) is 0 Å². The molecule has 0 spiro atoms. The zero-order valence-electron chi connectivity index (χ0n) is 13.1. The van der Waals surface area contributed by atoms with Crippen molar-refractivity contribution in [2.75, 3.05) is 13.1 Å². The lowest BCUT2D eigenvalue weighted by atomic mass is 10.0. The van der Waals surface area contributed by atoms with Crippen molar-refractivity contribution in [2.45, 2.75) is 51.1 Å². The van der Waals surface area contributed by atoms with E-state index < -0.39 is 0 Å². The molecule has 0 atom stereocenters. The Hall–Kier alpha value is -1.42. The number of halogens is 1. The first-order chi connectivity index (χ1) is 10.7. The normalized spacial score (nSPS) is 21.1. The van der Waals surface area contributed by atoms with E-state index in [1.807, 2.05) is 12.1 Å². The summed E-state index contributed by atoms with van der Waals surface area (Å²) in [5.74, 6) is 0.351. The summed E-state index contributed by atoms with van der Waals surface area (Å²) in [5.41, 5.74) is 1.15. The number of hydrogen-bond donors (Lipinski definition) is 1. The Balaban J connectivity index is 1.42. The molecule has 2 aliphatic rings. The van der Waals surface area contributed by atoms with Gasteiger partial charge in [-0.05, 0) is 43.4 Å². The second kappa shape index (κ2) is 7.23. The van der Waals surface area contributed by atoms with Crippen LogP contribution in [0.4, 0.5) is 4.39 Å². The maximum absolute atomic E-state index is 12.9. The maximum Gasteiger partial charge on any atom is 0.223 e. The van der Waals surface area contributed by atoms with Crippen molar-refractivity contribution in [3.8, 4) is 0 Å². The Morgan fingerprint density at radius 1 is 1.09 bits per heavy atom. The number of likely N-dealkylation sites (tertiary alicyclic amines) is 1. The highest BCUT2D eigenvalue weighted by Gasteiger charge is 2.26. The van der Waals surface area contributed by atoms with E-state index >= 15 is 0 Å². The fraction of sp³-hybridized carbons (Fsp3) is 0.611. The fourth-order valence-electron chi connectivity index (χ4n) is 3.59. The quantitative estimate of drug-likeness (QED) is 0.927. The van der Waals surface area contributed by atoms with Gasteiger partial charge < -0.3 is 5.32 Å². The summed E-state index contributed by atoms with van der Waals surface area (Å²) >= 11 is 0. The number of carbonyl (C=O) groups excluding carboxylic acids is 1. The molecule has 1 saturated carbocycles. The largest absolute Gasteiger partial charge is 0.353 e. The first kappa shape index (κ1) is 15.5. The van der Waals surface area contributed by atoms with Gasteiger partial charge in [0.25, 0.3) is 0 Å². The summed E-state index contributed by atoms with van der Waals surface area (Å²) in [6.07, 6.45) is 6.56. The van der Waals surface area contributed by atoms with Gasteiger partial charge in [0.15, 0.2) is 0 Å². The maximum atomic E-state index is 12.9. The number of amides is 1. The molecule has 3 rings (SSSR count). The van der Waals surface area contributed by atoms with Crippen LogP contribution >= 0.6 is 0 Å². The number of hydrogen-bond acceptors (Lipinski definition) is 2. The molecule has 1 N–H and O–H groups in total. The molecule has 120 valence electrons. The van der Waals surface area contributed by atoms with Crippen molar-refractivity contribution in [3.05, 3.63) is 35.6 Å². The highest BCUT2D eigenvalue weighted by Crippen LogP contribution is 2.25. The number of rotatable bonds is 4. The molecule has 1 heterocycles. The Morgan fingerprint density at radius 2 is 1.73 bits per heavy atom. The van der Waals surface area contributed by atoms with Gasteiger partial charge in [-0.15, -0.1) is 0 Å². The van der Waals surface area contributed by atoms with E-state index in [-0.39, 0.29) is 17.6 Å². The summed E-state index contributed by atoms with van der Waals surface area (Å²) in [6.45, 7) is 2.85. The first-order valence-electron chi connectivity index (χ1n) is 8.48. The Kier molecular flexibility index (Phi) is 5.08. The van der Waals surface area contributed by atoms with Gasteiger partial charge >= 0.3 is 0 Å². The minimum atomic E-state index is -0.183. The van der Waals surface area contributed by atoms with Crippen LogP contribution in [0.25, 0.3) is 0 Å². The zero-order chi connectivity index (χ0) is 15.4. The lowest BCUT2D eigenvalue weighted by Crippen LogP contribution is -2.45. The summed E-state index contributed by atoms with van der Waals surface area (Å²) in [7, 11) is 0. The molecule has 0 aromatic heterocycles. The predicted octanol–water partition coefficient (Wildman–Crippen LogP) is 3.10. The average Bonchev–Trinajstić information content (AvgIpc) is 3.06. The van der Waals surface area contributed by atoms with Gasteiger partial charge in [-0.2, -0.15) is 0 Å². The summed E-state index contributed by atoms with van der Waals surface area (Å²) in [6, 6.07) is 7.07. The SMILES string of the molecule is O=C(NC1CCN(Cc2ccc(F)cc2)CC1)C1CCCC1. The van der Waals surface area contributed by atoms with Crippen LogP contribution in [0.3, 0.4) is 0 Å². The van der Waals surface area contributed by atoms with Crippen molar-refractivity contribution in [2.24, 2.45) is 5.92 Å². The lowest BCUT2D eigenvalue weighted by Gasteiger charge is -2.32. The van der Waals surface area contributed by atoms with Crippen LogP contribution in [0.15, 0.2) is 24.3 Å². The van der Waals surface area contributed by atoms with E-state index in [9.17, 15) is 9.18 Å². The second-order valence-electron chi connectivity index (χ2n) is 6.67. The molecule has 2 fully saturated rings. The smallest absolute Gasteiger partial charge is 0.223 e. The topological polar surface area (TPSA) is 32.3 Å². The predicted molar refractivity (Wildman–Crippen MR) is 84.8 cm³/mol. The zero-order valence-corrected chi connectivity index (χ0v) is 13.1. The summed E-state index contributed by atoms with van der Waals surface area (Å²) in [4.78, 5) is 14.5. The first-order valence-corrected chi connectivity index (χ1v) is 8.48. The van der Waals surface area contributed by atoms with E-state index in [0.29, 0.717) is 6.04 Å². The second-order valence-corrected chi connectivity index (χ2v) is 6.67. The lowest BCUT2D eigenvalue weighted by molar-refractivity contribution is -0.125. The minimum absolute atomic E-state index is 0.183. The number of carbonyl (C=O) groups is 1. The van der Waals surface area contributed by atoms with Crippen LogP contribution in [-0.4, -0.2) is 29.9 Å². The van der Waals surface area contributed by atoms with E-state index in [4.69, 9.17) is 0 Å². The number of piperidine rings is 1. The molecule has 3 nitrogen and oxygen atoms in total. The van der Waals surface area contributed by atoms with Gasteiger partial charge in [0.2, 0.25) is 5.91 Å². The van der Waals surface area contributed by atoms with Crippen molar-refractivity contribution < 1.29 is 9.18 Å². The molecule has 1 aliphatic heterocycles. The molecule has 1 amide bonds. The third kappa shape index (κ3) is 4.07. The summed E-state index contributed by atoms with van der Waals surface area (Å²) in [5, 5.41) is 3.24. The highest BCUT2D eigenvalue weighted by atomic mass is 19.1. The van der Waals surface area contributed by atoms with Crippen LogP contribution in [0.2, 0.25) is 0 Å².